The van der Waals surface area contributed by atoms with Crippen molar-refractivity contribution in [2.45, 2.75) is 26.4 Å². The Morgan fingerprint density at radius 1 is 1.06 bits per heavy atom. The number of anilines is 2. The molecule has 1 fully saturated rings. The molecule has 2 aromatic rings. The lowest BCUT2D eigenvalue weighted by atomic mass is 9.97. The van der Waals surface area contributed by atoms with E-state index in [4.69, 9.17) is 0 Å². The normalized spacial score (nSPS) is 17.1. The molecule has 1 heterocycles. The zero-order valence-electron chi connectivity index (χ0n) is 17.9. The summed E-state index contributed by atoms with van der Waals surface area (Å²) in [7, 11) is -3.76. The molecule has 0 atom stereocenters. The van der Waals surface area contributed by atoms with Gasteiger partial charge < -0.3 is 14.5 Å². The Morgan fingerprint density at radius 3 is 2.53 bits per heavy atom. The highest BCUT2D eigenvalue weighted by molar-refractivity contribution is 7.96. The molecule has 2 aliphatic rings. The highest BCUT2D eigenvalue weighted by Crippen LogP contribution is 2.33. The van der Waals surface area contributed by atoms with Crippen LogP contribution in [0.2, 0.25) is 0 Å². The summed E-state index contributed by atoms with van der Waals surface area (Å²) in [6.07, 6.45) is 2.33. The number of benzene rings is 2. The summed E-state index contributed by atoms with van der Waals surface area (Å²) in [6, 6.07) is 12.0. The number of aryl methyl sites for hydroxylation is 1. The van der Waals surface area contributed by atoms with Crippen LogP contribution in [0.4, 0.5) is 20.2 Å². The number of rotatable bonds is 7. The first-order valence-corrected chi connectivity index (χ1v) is 12.2. The average molecular weight is 464 g/mol. The first-order valence-electron chi connectivity index (χ1n) is 10.7. The van der Waals surface area contributed by atoms with Gasteiger partial charge >= 0.3 is 6.61 Å². The van der Waals surface area contributed by atoms with Crippen molar-refractivity contribution in [3.63, 3.8) is 0 Å². The molecule has 0 radical (unpaired) electrons. The highest BCUT2D eigenvalue weighted by Gasteiger charge is 2.25. The Hall–Kier alpha value is -2.65. The van der Waals surface area contributed by atoms with Crippen LogP contribution in [0.15, 0.2) is 47.4 Å². The molecule has 32 heavy (non-hydrogen) atoms. The first-order chi connectivity index (χ1) is 15.4. The summed E-state index contributed by atoms with van der Waals surface area (Å²) in [5.74, 6) is 0.0775. The van der Waals surface area contributed by atoms with Gasteiger partial charge in [-0.2, -0.15) is 8.78 Å². The molecule has 0 spiro atoms. The SMILES string of the molecule is CCN1CCN(c2ccccc2NS(=O)(=O)C2=Cc3ccc(OC(F)F)cc3CC2)CC1. The fourth-order valence-corrected chi connectivity index (χ4v) is 5.43. The van der Waals surface area contributed by atoms with Crippen LogP contribution in [-0.2, 0) is 16.4 Å². The first kappa shape index (κ1) is 22.5. The van der Waals surface area contributed by atoms with E-state index in [1.165, 1.54) is 6.07 Å². The number of hydrogen-bond acceptors (Lipinski definition) is 5. The fourth-order valence-electron chi connectivity index (χ4n) is 4.18. The van der Waals surface area contributed by atoms with Gasteiger partial charge in [0, 0.05) is 26.2 Å². The summed E-state index contributed by atoms with van der Waals surface area (Å²) in [4.78, 5) is 4.85. The van der Waals surface area contributed by atoms with E-state index in [1.54, 1.807) is 24.3 Å². The van der Waals surface area contributed by atoms with E-state index in [2.05, 4.69) is 26.2 Å². The number of fused-ring (bicyclic) bond motifs is 1. The van der Waals surface area contributed by atoms with Gasteiger partial charge in [0.1, 0.15) is 5.75 Å². The number of alkyl halides is 2. The smallest absolute Gasteiger partial charge is 0.387 e. The molecule has 1 saturated heterocycles. The summed E-state index contributed by atoms with van der Waals surface area (Å²) >= 11 is 0. The lowest BCUT2D eigenvalue weighted by molar-refractivity contribution is -0.0498. The highest BCUT2D eigenvalue weighted by atomic mass is 32.2. The van der Waals surface area contributed by atoms with Crippen molar-refractivity contribution in [1.82, 2.24) is 4.90 Å². The third-order valence-corrected chi connectivity index (χ3v) is 7.45. The van der Waals surface area contributed by atoms with Crippen molar-refractivity contribution in [3.05, 3.63) is 58.5 Å². The summed E-state index contributed by atoms with van der Waals surface area (Å²) in [5, 5.41) is 0. The molecule has 2 aromatic carbocycles. The van der Waals surface area contributed by atoms with Crippen LogP contribution >= 0.6 is 0 Å². The minimum Gasteiger partial charge on any atom is -0.435 e. The van der Waals surface area contributed by atoms with Gasteiger partial charge in [0.2, 0.25) is 0 Å². The van der Waals surface area contributed by atoms with Crippen LogP contribution in [0.25, 0.3) is 6.08 Å². The molecule has 1 N–H and O–H groups in total. The molecule has 9 heteroatoms. The zero-order chi connectivity index (χ0) is 22.7. The lowest BCUT2D eigenvalue weighted by Crippen LogP contribution is -2.46. The van der Waals surface area contributed by atoms with E-state index in [-0.39, 0.29) is 17.1 Å². The number of piperazine rings is 1. The van der Waals surface area contributed by atoms with E-state index in [0.29, 0.717) is 17.7 Å². The molecule has 0 unspecified atom stereocenters. The minimum atomic E-state index is -3.76. The largest absolute Gasteiger partial charge is 0.435 e. The lowest BCUT2D eigenvalue weighted by Gasteiger charge is -2.36. The molecule has 0 aromatic heterocycles. The quantitative estimate of drug-likeness (QED) is 0.668. The van der Waals surface area contributed by atoms with Crippen LogP contribution in [0.5, 0.6) is 5.75 Å². The summed E-state index contributed by atoms with van der Waals surface area (Å²) in [5.41, 5.74) is 2.92. The number of hydrogen-bond donors (Lipinski definition) is 1. The Labute approximate surface area is 187 Å². The number of halogens is 2. The number of ether oxygens (including phenoxy) is 1. The van der Waals surface area contributed by atoms with Gasteiger partial charge in [0.15, 0.2) is 0 Å². The fraction of sp³-hybridized carbons (Fsp3) is 0.391. The van der Waals surface area contributed by atoms with Gasteiger partial charge in [0.25, 0.3) is 10.0 Å². The Kier molecular flexibility index (Phi) is 6.66. The Bertz CT molecular complexity index is 1100. The molecular weight excluding hydrogens is 436 g/mol. The van der Waals surface area contributed by atoms with Gasteiger partial charge in [0.05, 0.1) is 16.3 Å². The maximum Gasteiger partial charge on any atom is 0.387 e. The van der Waals surface area contributed by atoms with Crippen LogP contribution in [0.1, 0.15) is 24.5 Å². The predicted octanol–water partition coefficient (Wildman–Crippen LogP) is 4.16. The van der Waals surface area contributed by atoms with Crippen molar-refractivity contribution in [3.8, 4) is 5.75 Å². The molecule has 1 aliphatic carbocycles. The van der Waals surface area contributed by atoms with Crippen molar-refractivity contribution in [1.29, 1.82) is 0 Å². The average Bonchev–Trinajstić information content (AvgIpc) is 2.78. The zero-order valence-corrected chi connectivity index (χ0v) is 18.7. The van der Waals surface area contributed by atoms with Crippen LogP contribution < -0.4 is 14.4 Å². The van der Waals surface area contributed by atoms with Crippen LogP contribution in [0, 0.1) is 0 Å². The van der Waals surface area contributed by atoms with E-state index in [9.17, 15) is 17.2 Å². The summed E-state index contributed by atoms with van der Waals surface area (Å²) in [6.45, 7) is 3.82. The standard InChI is InChI=1S/C23H27F2N3O3S/c1-2-27-11-13-28(14-12-27)22-6-4-3-5-21(22)26-32(29,30)20-10-8-17-15-19(31-23(24)25)9-7-18(17)16-20/h3-7,9,15-16,23,26H,2,8,10-14H2,1H3. The predicted molar refractivity (Wildman–Crippen MR) is 123 cm³/mol. The summed E-state index contributed by atoms with van der Waals surface area (Å²) < 4.78 is 58.5. The molecule has 4 rings (SSSR count). The number of nitrogens with zero attached hydrogens (tertiary/aromatic N) is 2. The number of sulfonamides is 1. The van der Waals surface area contributed by atoms with Gasteiger partial charge in [-0.25, -0.2) is 8.42 Å². The van der Waals surface area contributed by atoms with Crippen molar-refractivity contribution in [2.24, 2.45) is 0 Å². The molecule has 0 bridgehead atoms. The van der Waals surface area contributed by atoms with Gasteiger partial charge in [-0.1, -0.05) is 25.1 Å². The second-order valence-electron chi connectivity index (χ2n) is 7.89. The topological polar surface area (TPSA) is 61.9 Å². The van der Waals surface area contributed by atoms with E-state index in [1.807, 2.05) is 18.2 Å². The van der Waals surface area contributed by atoms with Crippen LogP contribution in [0.3, 0.4) is 0 Å². The van der Waals surface area contributed by atoms with E-state index in [0.717, 1.165) is 44.0 Å². The molecular formula is C23H27F2N3O3S. The Balaban J connectivity index is 1.54. The molecule has 0 amide bonds. The maximum atomic E-state index is 13.2. The number of nitrogens with one attached hydrogen (secondary N) is 1. The second-order valence-corrected chi connectivity index (χ2v) is 9.63. The van der Waals surface area contributed by atoms with E-state index >= 15 is 0 Å². The van der Waals surface area contributed by atoms with Gasteiger partial charge in [-0.3, -0.25) is 4.72 Å². The minimum absolute atomic E-state index is 0.0775. The second kappa shape index (κ2) is 9.46. The molecule has 172 valence electrons. The molecule has 1 aliphatic heterocycles. The van der Waals surface area contributed by atoms with Crippen molar-refractivity contribution in [2.75, 3.05) is 42.3 Å². The third kappa shape index (κ3) is 5.05. The van der Waals surface area contributed by atoms with Crippen molar-refractivity contribution < 1.29 is 21.9 Å². The van der Waals surface area contributed by atoms with Gasteiger partial charge in [-0.15, -0.1) is 0 Å². The monoisotopic (exact) mass is 463 g/mol. The van der Waals surface area contributed by atoms with Crippen LogP contribution in [-0.4, -0.2) is 52.7 Å². The number of allylic oxidation sites excluding steroid dienone is 1. The maximum absolute atomic E-state index is 13.2. The van der Waals surface area contributed by atoms with Gasteiger partial charge in [-0.05, 0) is 60.9 Å². The number of likely N-dealkylation sites (N-methyl/N-ethyl adjacent to an activating group) is 1. The molecule has 6 nitrogen and oxygen atoms in total. The molecule has 0 saturated carbocycles. The van der Waals surface area contributed by atoms with Crippen molar-refractivity contribution >= 4 is 27.5 Å². The Morgan fingerprint density at radius 2 is 1.81 bits per heavy atom. The van der Waals surface area contributed by atoms with E-state index < -0.39 is 16.6 Å². The number of para-hydroxylation sites is 2. The third-order valence-electron chi connectivity index (χ3n) is 5.95.